The van der Waals surface area contributed by atoms with Crippen molar-refractivity contribution in [3.05, 3.63) is 89.7 Å². The highest BCUT2D eigenvalue weighted by Crippen LogP contribution is 2.36. The number of nitrogens with zero attached hydrogens (tertiary/aromatic N) is 6. The molecule has 1 aromatic heterocycles. The van der Waals surface area contributed by atoms with Gasteiger partial charge in [0.15, 0.2) is 11.0 Å². The number of rotatable bonds is 7. The van der Waals surface area contributed by atoms with Crippen molar-refractivity contribution >= 4 is 52.1 Å². The van der Waals surface area contributed by atoms with Gasteiger partial charge in [-0.3, -0.25) is 15.1 Å². The molecule has 5 rings (SSSR count). The van der Waals surface area contributed by atoms with E-state index in [-0.39, 0.29) is 22.7 Å². The summed E-state index contributed by atoms with van der Waals surface area (Å²) >= 11 is 6.66. The number of nitrogens with one attached hydrogen (secondary N) is 1. The van der Waals surface area contributed by atoms with Crippen molar-refractivity contribution in [1.29, 1.82) is 0 Å². The first kappa shape index (κ1) is 30.9. The van der Waals surface area contributed by atoms with Gasteiger partial charge < -0.3 is 4.74 Å². The molecular weight excluding hydrogens is 612 g/mol. The highest BCUT2D eigenvalue weighted by Gasteiger charge is 2.32. The van der Waals surface area contributed by atoms with Crippen molar-refractivity contribution in [2.75, 3.05) is 17.8 Å². The fourth-order valence-corrected chi connectivity index (χ4v) is 5.39. The number of methoxy groups -OCH3 is 1. The van der Waals surface area contributed by atoms with Crippen molar-refractivity contribution in [2.45, 2.75) is 25.9 Å². The van der Waals surface area contributed by atoms with Gasteiger partial charge in [0.05, 0.1) is 36.0 Å². The Morgan fingerprint density at radius 1 is 1.11 bits per heavy atom. The molecule has 0 atom stereocenters. The third-order valence-corrected chi connectivity index (χ3v) is 7.66. The lowest BCUT2D eigenvalue weighted by atomic mass is 10.00. The maximum absolute atomic E-state index is 12.8. The van der Waals surface area contributed by atoms with Crippen LogP contribution in [0, 0.1) is 0 Å². The van der Waals surface area contributed by atoms with Crippen molar-refractivity contribution in [2.24, 2.45) is 10.1 Å². The normalized spacial score (nSPS) is 14.7. The van der Waals surface area contributed by atoms with Crippen LogP contribution in [0.3, 0.4) is 0 Å². The van der Waals surface area contributed by atoms with Gasteiger partial charge in [0, 0.05) is 11.6 Å². The van der Waals surface area contributed by atoms with Gasteiger partial charge >= 0.3 is 6.18 Å². The molecular formula is C30H26F3N7O2S2. The summed E-state index contributed by atoms with van der Waals surface area (Å²) in [5.41, 5.74) is 5.60. The molecule has 0 bridgehead atoms. The number of hydrogen-bond donors (Lipinski definition) is 1. The van der Waals surface area contributed by atoms with E-state index in [0.29, 0.717) is 33.7 Å². The van der Waals surface area contributed by atoms with E-state index in [1.165, 1.54) is 34.9 Å². The summed E-state index contributed by atoms with van der Waals surface area (Å²) < 4.78 is 45.3. The molecule has 1 amide bonds. The minimum Gasteiger partial charge on any atom is -0.497 e. The summed E-state index contributed by atoms with van der Waals surface area (Å²) in [5.74, 6) is 1.35. The number of amides is 1. The maximum Gasteiger partial charge on any atom is 0.416 e. The van der Waals surface area contributed by atoms with Gasteiger partial charge in [-0.1, -0.05) is 55.9 Å². The fourth-order valence-electron chi connectivity index (χ4n) is 4.33. The zero-order chi connectivity index (χ0) is 31.4. The number of benzene rings is 3. The summed E-state index contributed by atoms with van der Waals surface area (Å²) in [5, 5.41) is 9.09. The molecule has 0 aliphatic carbocycles. The van der Waals surface area contributed by atoms with Crippen molar-refractivity contribution in [3.63, 3.8) is 0 Å². The Morgan fingerprint density at radius 3 is 2.50 bits per heavy atom. The second-order valence-electron chi connectivity index (χ2n) is 9.85. The summed E-state index contributed by atoms with van der Waals surface area (Å²) in [4.78, 5) is 23.1. The first-order chi connectivity index (χ1) is 21.0. The third-order valence-electron chi connectivity index (χ3n) is 6.56. The van der Waals surface area contributed by atoms with Gasteiger partial charge in [-0.2, -0.15) is 23.3 Å². The molecule has 0 saturated carbocycles. The number of anilines is 1. The van der Waals surface area contributed by atoms with E-state index >= 15 is 0 Å². The molecule has 14 heteroatoms. The molecule has 44 heavy (non-hydrogen) atoms. The smallest absolute Gasteiger partial charge is 0.416 e. The Bertz CT molecular complexity index is 1730. The Morgan fingerprint density at radius 2 is 1.84 bits per heavy atom. The summed E-state index contributed by atoms with van der Waals surface area (Å²) in [6.07, 6.45) is -1.40. The maximum atomic E-state index is 12.8. The number of hydrazone groups is 1. The second-order valence-corrected chi connectivity index (χ2v) is 11.2. The average molecular weight is 638 g/mol. The number of ether oxygens (including phenoxy) is 1. The molecule has 3 aromatic carbocycles. The van der Waals surface area contributed by atoms with Crippen LogP contribution in [0.5, 0.6) is 5.75 Å². The summed E-state index contributed by atoms with van der Waals surface area (Å²) in [7, 11) is 1.57. The SMILES string of the molecule is COc1ccc(C(C)C)c(N2C(=O)CSC2=NC(=S)N/N=C/c2ccc(-c3ncn(-c4ccc(C(F)(F)F)cc4)n3)cc2)c1. The van der Waals surface area contributed by atoms with Gasteiger partial charge in [0.2, 0.25) is 11.0 Å². The number of aromatic nitrogens is 3. The molecule has 0 unspecified atom stereocenters. The topological polar surface area (TPSA) is 97.0 Å². The van der Waals surface area contributed by atoms with Crippen LogP contribution in [-0.4, -0.2) is 50.0 Å². The number of carbonyl (C=O) groups is 1. The van der Waals surface area contributed by atoms with Gasteiger partial charge in [0.1, 0.15) is 12.1 Å². The molecule has 1 fully saturated rings. The number of alkyl halides is 3. The fraction of sp³-hybridized carbons (Fsp3) is 0.200. The van der Waals surface area contributed by atoms with Crippen LogP contribution in [0.4, 0.5) is 18.9 Å². The molecule has 1 aliphatic heterocycles. The zero-order valence-corrected chi connectivity index (χ0v) is 25.4. The van der Waals surface area contributed by atoms with Crippen LogP contribution in [0.1, 0.15) is 36.5 Å². The minimum atomic E-state index is -4.41. The molecule has 1 N–H and O–H groups in total. The van der Waals surface area contributed by atoms with E-state index in [1.54, 1.807) is 42.5 Å². The van der Waals surface area contributed by atoms with E-state index in [1.807, 2.05) is 18.2 Å². The Kier molecular flexibility index (Phi) is 9.11. The van der Waals surface area contributed by atoms with E-state index in [0.717, 1.165) is 23.3 Å². The molecule has 1 saturated heterocycles. The number of thiocarbonyl (C=S) groups is 1. The Balaban J connectivity index is 1.23. The Labute approximate surface area is 260 Å². The monoisotopic (exact) mass is 637 g/mol. The lowest BCUT2D eigenvalue weighted by Gasteiger charge is -2.22. The molecule has 4 aromatic rings. The second kappa shape index (κ2) is 13.0. The molecule has 9 nitrogen and oxygen atoms in total. The first-order valence-electron chi connectivity index (χ1n) is 13.3. The van der Waals surface area contributed by atoms with Gasteiger partial charge in [-0.25, -0.2) is 9.67 Å². The predicted molar refractivity (Wildman–Crippen MR) is 170 cm³/mol. The number of carbonyl (C=O) groups excluding carboxylic acids is 1. The predicted octanol–water partition coefficient (Wildman–Crippen LogP) is 6.43. The van der Waals surface area contributed by atoms with Gasteiger partial charge in [-0.15, -0.1) is 5.10 Å². The van der Waals surface area contributed by atoms with Crippen molar-refractivity contribution in [1.82, 2.24) is 20.2 Å². The minimum absolute atomic E-state index is 0.0899. The number of halogens is 3. The number of hydrogen-bond acceptors (Lipinski definition) is 7. The quantitative estimate of drug-likeness (QED) is 0.142. The van der Waals surface area contributed by atoms with E-state index in [9.17, 15) is 18.0 Å². The molecule has 0 radical (unpaired) electrons. The lowest BCUT2D eigenvalue weighted by molar-refractivity contribution is -0.137. The lowest BCUT2D eigenvalue weighted by Crippen LogP contribution is -2.31. The third kappa shape index (κ3) is 6.97. The van der Waals surface area contributed by atoms with E-state index in [2.05, 4.69) is 39.4 Å². The number of amidine groups is 1. The summed E-state index contributed by atoms with van der Waals surface area (Å²) in [6, 6.07) is 17.5. The highest BCUT2D eigenvalue weighted by atomic mass is 32.2. The van der Waals surface area contributed by atoms with Crippen LogP contribution in [-0.2, 0) is 11.0 Å². The Hall–Kier alpha value is -4.56. The van der Waals surface area contributed by atoms with Crippen molar-refractivity contribution in [3.8, 4) is 22.8 Å². The van der Waals surface area contributed by atoms with Crippen LogP contribution < -0.4 is 15.1 Å². The molecule has 1 aliphatic rings. The van der Waals surface area contributed by atoms with Crippen LogP contribution in [0.25, 0.3) is 17.1 Å². The zero-order valence-electron chi connectivity index (χ0n) is 23.7. The highest BCUT2D eigenvalue weighted by molar-refractivity contribution is 8.15. The van der Waals surface area contributed by atoms with Gasteiger partial charge in [0.25, 0.3) is 0 Å². The van der Waals surface area contributed by atoms with Crippen LogP contribution >= 0.6 is 24.0 Å². The average Bonchev–Trinajstić information content (AvgIpc) is 3.64. The van der Waals surface area contributed by atoms with Crippen molar-refractivity contribution < 1.29 is 22.7 Å². The first-order valence-corrected chi connectivity index (χ1v) is 14.7. The molecule has 2 heterocycles. The van der Waals surface area contributed by atoms with Gasteiger partial charge in [-0.05, 0) is 59.6 Å². The standard InChI is InChI=1S/C30H26F3N7O2S2/c1-18(2)24-13-12-23(42-3)14-25(24)40-26(41)16-44-29(40)36-28(43)37-35-15-19-4-6-20(7-5-19)27-34-17-39(38-27)22-10-8-21(9-11-22)30(31,32)33/h4-15,17-18H,16H2,1-3H3,(H,37,43)/b35-15+,36-29?. The summed E-state index contributed by atoms with van der Waals surface area (Å²) in [6.45, 7) is 4.10. The van der Waals surface area contributed by atoms with Crippen LogP contribution in [0.2, 0.25) is 0 Å². The largest absolute Gasteiger partial charge is 0.497 e. The number of thioether (sulfide) groups is 1. The van der Waals surface area contributed by atoms with E-state index < -0.39 is 11.7 Å². The number of aliphatic imine (C=N–C) groups is 1. The van der Waals surface area contributed by atoms with E-state index in [4.69, 9.17) is 17.0 Å². The molecule has 0 spiro atoms. The van der Waals surface area contributed by atoms with Crippen LogP contribution in [0.15, 0.2) is 83.2 Å². The molecule has 226 valence electrons.